The largest absolute Gasteiger partial charge is 0.503 e. The van der Waals surface area contributed by atoms with Gasteiger partial charge < -0.3 is 25.2 Å². The van der Waals surface area contributed by atoms with Gasteiger partial charge in [-0.3, -0.25) is 0 Å². The zero-order valence-corrected chi connectivity index (χ0v) is 7.49. The molecule has 1 aliphatic rings. The third kappa shape index (κ3) is 18.8. The van der Waals surface area contributed by atoms with E-state index in [0.717, 1.165) is 12.2 Å². The highest BCUT2D eigenvalue weighted by molar-refractivity contribution is 6.04. The van der Waals surface area contributed by atoms with Gasteiger partial charge in [-0.25, -0.2) is 14.4 Å². The number of aliphatic hydroxyl groups is 2. The highest BCUT2D eigenvalue weighted by Crippen LogP contribution is 1.92. The minimum atomic E-state index is -1.83. The van der Waals surface area contributed by atoms with Crippen molar-refractivity contribution in [3.8, 4) is 0 Å². The molecule has 1 heterocycles. The average Bonchev–Trinajstić information content (AvgIpc) is 2.49. The van der Waals surface area contributed by atoms with Gasteiger partial charge in [0.15, 0.2) is 0 Å². The Kier molecular flexibility index (Phi) is 10.5. The first-order valence-corrected chi connectivity index (χ1v) is 3.51. The van der Waals surface area contributed by atoms with E-state index in [-0.39, 0.29) is 13.2 Å². The van der Waals surface area contributed by atoms with Crippen molar-refractivity contribution in [2.45, 2.75) is 0 Å². The highest BCUT2D eigenvalue weighted by atomic mass is 16.6. The Balaban J connectivity index is 0. The molecule has 0 radical (unpaired) electrons. The zero-order chi connectivity index (χ0) is 12.3. The number of rotatable bonds is 1. The van der Waals surface area contributed by atoms with Gasteiger partial charge >= 0.3 is 18.1 Å². The van der Waals surface area contributed by atoms with Gasteiger partial charge in [0.05, 0.1) is 13.2 Å². The standard InChI is InChI=1S/C4H2O3.C2H6O2.CH2O3/c5-3-1-2-4(6)7-3;3-1-2-4;2-1(3)4/h1-2H;3-4H,1-2H2;(H2,2,3,4). The summed E-state index contributed by atoms with van der Waals surface area (Å²) in [7, 11) is 0. The predicted octanol–water partition coefficient (Wildman–Crippen LogP) is -1.18. The van der Waals surface area contributed by atoms with Crippen LogP contribution in [0.1, 0.15) is 0 Å². The van der Waals surface area contributed by atoms with Crippen LogP contribution < -0.4 is 0 Å². The Morgan fingerprint density at radius 2 is 1.33 bits per heavy atom. The number of aliphatic hydroxyl groups excluding tert-OH is 2. The van der Waals surface area contributed by atoms with Crippen molar-refractivity contribution in [1.82, 2.24) is 0 Å². The van der Waals surface area contributed by atoms with Gasteiger partial charge in [0, 0.05) is 12.2 Å². The molecule has 0 unspecified atom stereocenters. The summed E-state index contributed by atoms with van der Waals surface area (Å²) in [5.74, 6) is -1.16. The normalized spacial score (nSPS) is 11.9. The second-order valence-electron chi connectivity index (χ2n) is 1.80. The van der Waals surface area contributed by atoms with Crippen molar-refractivity contribution in [3.63, 3.8) is 0 Å². The van der Waals surface area contributed by atoms with E-state index >= 15 is 0 Å². The lowest BCUT2D eigenvalue weighted by Gasteiger charge is -1.80. The zero-order valence-electron chi connectivity index (χ0n) is 7.49. The van der Waals surface area contributed by atoms with Crippen LogP contribution in [0.4, 0.5) is 4.79 Å². The van der Waals surface area contributed by atoms with Crippen molar-refractivity contribution in [2.24, 2.45) is 0 Å². The van der Waals surface area contributed by atoms with E-state index in [1.807, 2.05) is 0 Å². The maximum Gasteiger partial charge on any atom is 0.503 e. The fourth-order valence-corrected chi connectivity index (χ4v) is 0.303. The Bertz CT molecular complexity index is 221. The van der Waals surface area contributed by atoms with E-state index in [9.17, 15) is 9.59 Å². The minimum Gasteiger partial charge on any atom is -0.450 e. The summed E-state index contributed by atoms with van der Waals surface area (Å²) in [6.45, 7) is -0.250. The summed E-state index contributed by atoms with van der Waals surface area (Å²) in [6, 6.07) is 0. The van der Waals surface area contributed by atoms with Crippen LogP contribution in [0.15, 0.2) is 12.2 Å². The van der Waals surface area contributed by atoms with Gasteiger partial charge in [0.25, 0.3) is 0 Å². The molecule has 0 bridgehead atoms. The number of carboxylic acid groups (broad SMARTS) is 2. The van der Waals surface area contributed by atoms with E-state index in [1.54, 1.807) is 0 Å². The molecular formula is C7H10O8. The number of ether oxygens (including phenoxy) is 1. The molecule has 15 heavy (non-hydrogen) atoms. The lowest BCUT2D eigenvalue weighted by atomic mass is 10.6. The Hall–Kier alpha value is -1.93. The molecule has 0 fully saturated rings. The number of carbonyl (C=O) groups excluding carboxylic acids is 2. The fraction of sp³-hybridized carbons (Fsp3) is 0.286. The molecule has 0 aliphatic carbocycles. The van der Waals surface area contributed by atoms with Crippen LogP contribution in [0.2, 0.25) is 0 Å². The molecule has 8 nitrogen and oxygen atoms in total. The van der Waals surface area contributed by atoms with Crippen LogP contribution in [0.25, 0.3) is 0 Å². The van der Waals surface area contributed by atoms with Crippen LogP contribution in [0, 0.1) is 0 Å². The van der Waals surface area contributed by atoms with Gasteiger partial charge in [-0.1, -0.05) is 0 Å². The maximum atomic E-state index is 9.92. The molecule has 1 aliphatic heterocycles. The van der Waals surface area contributed by atoms with E-state index < -0.39 is 18.1 Å². The maximum absolute atomic E-state index is 9.92. The third-order valence-electron chi connectivity index (χ3n) is 0.657. The molecule has 1 rings (SSSR count). The minimum absolute atomic E-state index is 0.125. The quantitative estimate of drug-likeness (QED) is 0.321. The second kappa shape index (κ2) is 10.2. The van der Waals surface area contributed by atoms with Crippen molar-refractivity contribution in [1.29, 1.82) is 0 Å². The van der Waals surface area contributed by atoms with E-state index in [1.165, 1.54) is 0 Å². The number of esters is 2. The van der Waals surface area contributed by atoms with E-state index in [0.29, 0.717) is 0 Å². The van der Waals surface area contributed by atoms with Crippen LogP contribution in [-0.2, 0) is 14.3 Å². The van der Waals surface area contributed by atoms with Gasteiger partial charge in [-0.05, 0) is 0 Å². The molecule has 0 atom stereocenters. The summed E-state index contributed by atoms with van der Waals surface area (Å²) >= 11 is 0. The summed E-state index contributed by atoms with van der Waals surface area (Å²) < 4.78 is 3.97. The smallest absolute Gasteiger partial charge is 0.450 e. The molecule has 0 aromatic carbocycles. The van der Waals surface area contributed by atoms with Gasteiger partial charge in [0.2, 0.25) is 0 Å². The molecule has 0 aromatic rings. The topological polar surface area (TPSA) is 141 Å². The van der Waals surface area contributed by atoms with Crippen molar-refractivity contribution >= 4 is 18.1 Å². The van der Waals surface area contributed by atoms with Crippen LogP contribution in [-0.4, -0.2) is 51.7 Å². The molecule has 8 heteroatoms. The van der Waals surface area contributed by atoms with Crippen LogP contribution >= 0.6 is 0 Å². The summed E-state index contributed by atoms with van der Waals surface area (Å²) in [6.07, 6.45) is 0.338. The molecule has 0 amide bonds. The Labute approximate surface area is 84.0 Å². The number of carbonyl (C=O) groups is 3. The van der Waals surface area contributed by atoms with Gasteiger partial charge in [-0.2, -0.15) is 0 Å². The van der Waals surface area contributed by atoms with E-state index in [4.69, 9.17) is 25.2 Å². The molecule has 86 valence electrons. The first-order valence-electron chi connectivity index (χ1n) is 3.51. The average molecular weight is 222 g/mol. The molecule has 0 saturated carbocycles. The molecule has 0 saturated heterocycles. The molecule has 0 aromatic heterocycles. The van der Waals surface area contributed by atoms with Crippen molar-refractivity contribution in [2.75, 3.05) is 13.2 Å². The van der Waals surface area contributed by atoms with Crippen LogP contribution in [0.3, 0.4) is 0 Å². The monoisotopic (exact) mass is 222 g/mol. The first-order chi connectivity index (χ1) is 6.93. The van der Waals surface area contributed by atoms with Gasteiger partial charge in [0.1, 0.15) is 0 Å². The Morgan fingerprint density at radius 3 is 1.40 bits per heavy atom. The number of hydrogen-bond donors (Lipinski definition) is 4. The predicted molar refractivity (Wildman–Crippen MR) is 45.1 cm³/mol. The third-order valence-corrected chi connectivity index (χ3v) is 0.657. The second-order valence-corrected chi connectivity index (χ2v) is 1.80. The van der Waals surface area contributed by atoms with Gasteiger partial charge in [-0.15, -0.1) is 0 Å². The summed E-state index contributed by atoms with van der Waals surface area (Å²) in [5, 5.41) is 29.2. The van der Waals surface area contributed by atoms with Crippen molar-refractivity contribution in [3.05, 3.63) is 12.2 Å². The summed E-state index contributed by atoms with van der Waals surface area (Å²) in [4.78, 5) is 28.4. The molecule has 4 N–H and O–H groups in total. The van der Waals surface area contributed by atoms with Crippen molar-refractivity contribution < 1.29 is 39.5 Å². The van der Waals surface area contributed by atoms with Crippen LogP contribution in [0.5, 0.6) is 0 Å². The highest BCUT2D eigenvalue weighted by Gasteiger charge is 2.10. The Morgan fingerprint density at radius 1 is 1.07 bits per heavy atom. The molecule has 0 spiro atoms. The summed E-state index contributed by atoms with van der Waals surface area (Å²) in [5.41, 5.74) is 0. The number of cyclic esters (lactones) is 2. The first kappa shape index (κ1) is 15.5. The number of hydrogen-bond acceptors (Lipinski definition) is 6. The SMILES string of the molecule is O=C(O)O.O=C1C=CC(=O)O1.OCCO. The lowest BCUT2D eigenvalue weighted by molar-refractivity contribution is -0.150. The molecular weight excluding hydrogens is 212 g/mol. The van der Waals surface area contributed by atoms with E-state index in [2.05, 4.69) is 4.74 Å². The lowest BCUT2D eigenvalue weighted by Crippen LogP contribution is -1.96. The fourth-order valence-electron chi connectivity index (χ4n) is 0.303.